The van der Waals surface area contributed by atoms with Crippen molar-refractivity contribution in [1.29, 1.82) is 0 Å². The zero-order chi connectivity index (χ0) is 12.3. The highest BCUT2D eigenvalue weighted by atomic mass is 16.7. The van der Waals surface area contributed by atoms with Gasteiger partial charge in [0.2, 0.25) is 6.29 Å². The first-order chi connectivity index (χ1) is 7.47. The first kappa shape index (κ1) is 12.5. The van der Waals surface area contributed by atoms with E-state index < -0.39 is 6.29 Å². The summed E-state index contributed by atoms with van der Waals surface area (Å²) in [6, 6.07) is 3.71. The highest BCUT2D eigenvalue weighted by molar-refractivity contribution is 5.66. The Hall–Kier alpha value is -1.55. The van der Waals surface area contributed by atoms with E-state index in [1.54, 1.807) is 0 Å². The van der Waals surface area contributed by atoms with Crippen molar-refractivity contribution < 1.29 is 14.3 Å². The van der Waals surface area contributed by atoms with Crippen LogP contribution in [0.2, 0.25) is 0 Å². The van der Waals surface area contributed by atoms with Gasteiger partial charge in [0, 0.05) is 25.3 Å². The Morgan fingerprint density at radius 3 is 2.50 bits per heavy atom. The second kappa shape index (κ2) is 4.99. The fourth-order valence-corrected chi connectivity index (χ4v) is 1.62. The zero-order valence-corrected chi connectivity index (χ0v) is 10.0. The number of carbonyl (C=O) groups is 1. The van der Waals surface area contributed by atoms with Gasteiger partial charge in [-0.2, -0.15) is 0 Å². The van der Waals surface area contributed by atoms with Crippen LogP contribution >= 0.6 is 0 Å². The summed E-state index contributed by atoms with van der Waals surface area (Å²) in [6.45, 7) is 5.16. The quantitative estimate of drug-likeness (QED) is 0.484. The summed E-state index contributed by atoms with van der Waals surface area (Å²) >= 11 is 0. The lowest BCUT2D eigenvalue weighted by Crippen LogP contribution is -2.14. The minimum atomic E-state index is -0.694. The third-order valence-electron chi connectivity index (χ3n) is 2.50. The number of hydrogen-bond acceptors (Lipinski definition) is 4. The molecule has 0 aromatic heterocycles. The number of aryl methyl sites for hydroxylation is 1. The van der Waals surface area contributed by atoms with Gasteiger partial charge >= 0.3 is 5.97 Å². The van der Waals surface area contributed by atoms with Crippen molar-refractivity contribution in [1.82, 2.24) is 0 Å². The number of benzene rings is 1. The Balaban J connectivity index is 3.18. The van der Waals surface area contributed by atoms with E-state index in [9.17, 15) is 4.79 Å². The number of hydrogen-bond donors (Lipinski definition) is 1. The predicted octanol–water partition coefficient (Wildman–Crippen LogP) is 2.09. The molecule has 0 heterocycles. The molecule has 0 aliphatic carbocycles. The van der Waals surface area contributed by atoms with Gasteiger partial charge in [-0.15, -0.1) is 0 Å². The fourth-order valence-electron chi connectivity index (χ4n) is 1.62. The molecule has 88 valence electrons. The Morgan fingerprint density at radius 1 is 1.38 bits per heavy atom. The highest BCUT2D eigenvalue weighted by Crippen LogP contribution is 2.29. The Labute approximate surface area is 95.3 Å². The number of rotatable bonds is 3. The number of methoxy groups -OCH3 is 1. The van der Waals surface area contributed by atoms with Crippen LogP contribution in [0, 0.1) is 13.8 Å². The molecule has 16 heavy (non-hydrogen) atoms. The van der Waals surface area contributed by atoms with Crippen LogP contribution < -0.4 is 5.73 Å². The topological polar surface area (TPSA) is 61.5 Å². The summed E-state index contributed by atoms with van der Waals surface area (Å²) in [6.07, 6.45) is -0.694. The number of esters is 1. The molecule has 0 bridgehead atoms. The summed E-state index contributed by atoms with van der Waals surface area (Å²) in [4.78, 5) is 11.0. The van der Waals surface area contributed by atoms with E-state index in [0.29, 0.717) is 5.69 Å². The molecular weight excluding hydrogens is 206 g/mol. The average Bonchev–Trinajstić information content (AvgIpc) is 2.22. The Kier molecular flexibility index (Phi) is 3.90. The van der Waals surface area contributed by atoms with E-state index in [1.807, 2.05) is 26.0 Å². The van der Waals surface area contributed by atoms with Crippen LogP contribution in [-0.2, 0) is 14.3 Å². The number of anilines is 1. The van der Waals surface area contributed by atoms with Gasteiger partial charge in [0.05, 0.1) is 0 Å². The van der Waals surface area contributed by atoms with E-state index in [0.717, 1.165) is 16.7 Å². The zero-order valence-electron chi connectivity index (χ0n) is 10.0. The van der Waals surface area contributed by atoms with Gasteiger partial charge in [0.15, 0.2) is 0 Å². The molecule has 0 radical (unpaired) electrons. The van der Waals surface area contributed by atoms with Crippen molar-refractivity contribution in [3.05, 3.63) is 28.8 Å². The molecule has 2 N–H and O–H groups in total. The van der Waals surface area contributed by atoms with E-state index in [-0.39, 0.29) is 5.97 Å². The van der Waals surface area contributed by atoms with Crippen molar-refractivity contribution in [2.45, 2.75) is 27.1 Å². The molecule has 4 nitrogen and oxygen atoms in total. The normalized spacial score (nSPS) is 12.2. The molecule has 0 saturated heterocycles. The first-order valence-electron chi connectivity index (χ1n) is 5.03. The van der Waals surface area contributed by atoms with Gasteiger partial charge < -0.3 is 15.2 Å². The number of nitrogen functional groups attached to an aromatic ring is 1. The summed E-state index contributed by atoms with van der Waals surface area (Å²) in [5, 5.41) is 0. The van der Waals surface area contributed by atoms with Crippen molar-refractivity contribution in [3.8, 4) is 0 Å². The Bertz CT molecular complexity index is 401. The van der Waals surface area contributed by atoms with Gasteiger partial charge in [-0.1, -0.05) is 6.07 Å². The van der Waals surface area contributed by atoms with Crippen LogP contribution in [0.3, 0.4) is 0 Å². The molecule has 4 heteroatoms. The second-order valence-corrected chi connectivity index (χ2v) is 3.69. The molecule has 0 amide bonds. The fraction of sp³-hybridized carbons (Fsp3) is 0.417. The van der Waals surface area contributed by atoms with E-state index in [1.165, 1.54) is 14.0 Å². The second-order valence-electron chi connectivity index (χ2n) is 3.69. The SMILES string of the molecule is COC(OC(C)=O)c1c(C)ccc(N)c1C. The lowest BCUT2D eigenvalue weighted by Gasteiger charge is -2.20. The van der Waals surface area contributed by atoms with Crippen molar-refractivity contribution in [2.24, 2.45) is 0 Å². The van der Waals surface area contributed by atoms with E-state index in [4.69, 9.17) is 15.2 Å². The summed E-state index contributed by atoms with van der Waals surface area (Å²) in [5.41, 5.74) is 9.16. The maximum Gasteiger partial charge on any atom is 0.305 e. The number of ether oxygens (including phenoxy) is 2. The van der Waals surface area contributed by atoms with Crippen molar-refractivity contribution in [2.75, 3.05) is 12.8 Å². The summed E-state index contributed by atoms with van der Waals surface area (Å²) in [7, 11) is 1.50. The molecule has 1 unspecified atom stereocenters. The molecule has 1 aromatic carbocycles. The van der Waals surface area contributed by atoms with Gasteiger partial charge in [0.25, 0.3) is 0 Å². The number of carbonyl (C=O) groups excluding carboxylic acids is 1. The minimum absolute atomic E-state index is 0.381. The largest absolute Gasteiger partial charge is 0.431 e. The molecule has 0 aliphatic heterocycles. The molecule has 1 aromatic rings. The smallest absolute Gasteiger partial charge is 0.305 e. The third kappa shape index (κ3) is 2.52. The Morgan fingerprint density at radius 2 is 2.00 bits per heavy atom. The summed E-state index contributed by atoms with van der Waals surface area (Å²) in [5.74, 6) is -0.381. The van der Waals surface area contributed by atoms with Crippen molar-refractivity contribution in [3.63, 3.8) is 0 Å². The molecular formula is C12H17NO3. The molecule has 0 spiro atoms. The maximum atomic E-state index is 11.0. The molecule has 0 aliphatic rings. The predicted molar refractivity (Wildman–Crippen MR) is 61.8 cm³/mol. The van der Waals surface area contributed by atoms with Gasteiger partial charge in [-0.3, -0.25) is 4.79 Å². The summed E-state index contributed by atoms with van der Waals surface area (Å²) < 4.78 is 10.3. The van der Waals surface area contributed by atoms with Crippen LogP contribution in [-0.4, -0.2) is 13.1 Å². The lowest BCUT2D eigenvalue weighted by molar-refractivity contribution is -0.172. The van der Waals surface area contributed by atoms with E-state index >= 15 is 0 Å². The molecule has 0 fully saturated rings. The van der Waals surface area contributed by atoms with Crippen LogP contribution in [0.4, 0.5) is 5.69 Å². The highest BCUT2D eigenvalue weighted by Gasteiger charge is 2.19. The van der Waals surface area contributed by atoms with Crippen LogP contribution in [0.15, 0.2) is 12.1 Å². The van der Waals surface area contributed by atoms with Crippen molar-refractivity contribution >= 4 is 11.7 Å². The third-order valence-corrected chi connectivity index (χ3v) is 2.50. The monoisotopic (exact) mass is 223 g/mol. The molecule has 1 atom stereocenters. The standard InChI is InChI=1S/C12H17NO3/c1-7-5-6-10(13)8(2)11(7)12(15-4)16-9(3)14/h5-6,12H,13H2,1-4H3. The van der Waals surface area contributed by atoms with Gasteiger partial charge in [-0.25, -0.2) is 0 Å². The first-order valence-corrected chi connectivity index (χ1v) is 5.03. The van der Waals surface area contributed by atoms with Crippen LogP contribution in [0.5, 0.6) is 0 Å². The number of nitrogens with two attached hydrogens (primary N) is 1. The maximum absolute atomic E-state index is 11.0. The minimum Gasteiger partial charge on any atom is -0.431 e. The average molecular weight is 223 g/mol. The van der Waals surface area contributed by atoms with Crippen LogP contribution in [0.1, 0.15) is 29.9 Å². The molecule has 0 saturated carbocycles. The van der Waals surface area contributed by atoms with Gasteiger partial charge in [0.1, 0.15) is 0 Å². The van der Waals surface area contributed by atoms with E-state index in [2.05, 4.69) is 0 Å². The van der Waals surface area contributed by atoms with Gasteiger partial charge in [-0.05, 0) is 31.0 Å². The van der Waals surface area contributed by atoms with Crippen LogP contribution in [0.25, 0.3) is 0 Å². The lowest BCUT2D eigenvalue weighted by atomic mass is 10.0. The molecule has 1 rings (SSSR count).